The maximum Gasteiger partial charge on any atom is 0.273 e. The summed E-state index contributed by atoms with van der Waals surface area (Å²) in [6.07, 6.45) is 0. The van der Waals surface area contributed by atoms with Crippen LogP contribution in [0.5, 0.6) is 0 Å². The summed E-state index contributed by atoms with van der Waals surface area (Å²) >= 11 is 0. The van der Waals surface area contributed by atoms with E-state index in [1.165, 1.54) is 12.1 Å². The van der Waals surface area contributed by atoms with Gasteiger partial charge in [-0.1, -0.05) is 6.07 Å². The molecular formula is C7H7NO4S. The predicted octanol–water partition coefficient (Wildman–Crippen LogP) is 0.874. The summed E-state index contributed by atoms with van der Waals surface area (Å²) in [6.45, 7) is 1.56. The van der Waals surface area contributed by atoms with Gasteiger partial charge in [0.25, 0.3) is 5.69 Å². The van der Waals surface area contributed by atoms with Crippen LogP contribution < -0.4 is 0 Å². The third-order valence-electron chi connectivity index (χ3n) is 1.60. The molecule has 0 N–H and O–H groups in total. The highest BCUT2D eigenvalue weighted by Crippen LogP contribution is 2.19. The fraction of sp³-hybridized carbons (Fsp3) is 0.143. The van der Waals surface area contributed by atoms with E-state index < -0.39 is 15.6 Å². The Kier molecular flexibility index (Phi) is 2.62. The lowest BCUT2D eigenvalue weighted by Gasteiger charge is -1.96. The van der Waals surface area contributed by atoms with Gasteiger partial charge in [0.15, 0.2) is 10.7 Å². The van der Waals surface area contributed by atoms with E-state index >= 15 is 0 Å². The molecule has 0 unspecified atom stereocenters. The monoisotopic (exact) mass is 201 g/mol. The highest BCUT2D eigenvalue weighted by atomic mass is 32.2. The van der Waals surface area contributed by atoms with Crippen LogP contribution in [0.15, 0.2) is 23.1 Å². The Hall–Kier alpha value is -1.43. The van der Waals surface area contributed by atoms with Crippen LogP contribution in [0.2, 0.25) is 0 Å². The SMILES string of the molecule is Cc1ccc([SH](=O)=O)cc1[N+](=O)[O-]. The maximum absolute atomic E-state index is 10.5. The second kappa shape index (κ2) is 3.53. The highest BCUT2D eigenvalue weighted by molar-refractivity contribution is 7.72. The quantitative estimate of drug-likeness (QED) is 0.437. The van der Waals surface area contributed by atoms with E-state index in [2.05, 4.69) is 0 Å². The number of nitro benzene ring substituents is 1. The molecule has 6 heteroatoms. The minimum Gasteiger partial charge on any atom is -0.258 e. The Balaban J connectivity index is 3.35. The normalized spacial score (nSPS) is 10.3. The van der Waals surface area contributed by atoms with Crippen molar-refractivity contribution in [3.05, 3.63) is 33.9 Å². The number of thiol groups is 1. The number of hydrogen-bond acceptors (Lipinski definition) is 4. The first-order valence-corrected chi connectivity index (χ1v) is 4.59. The fourth-order valence-electron chi connectivity index (χ4n) is 0.908. The topological polar surface area (TPSA) is 77.3 Å². The van der Waals surface area contributed by atoms with E-state index in [0.29, 0.717) is 5.56 Å². The maximum atomic E-state index is 10.5. The second-order valence-corrected chi connectivity index (χ2v) is 3.52. The van der Waals surface area contributed by atoms with Gasteiger partial charge in [-0.05, 0) is 13.0 Å². The third kappa shape index (κ3) is 2.03. The van der Waals surface area contributed by atoms with Gasteiger partial charge in [0.05, 0.1) is 9.82 Å². The van der Waals surface area contributed by atoms with Gasteiger partial charge in [-0.3, -0.25) is 10.1 Å². The van der Waals surface area contributed by atoms with Crippen molar-refractivity contribution in [1.29, 1.82) is 0 Å². The van der Waals surface area contributed by atoms with E-state index in [9.17, 15) is 18.5 Å². The molecule has 0 aliphatic heterocycles. The molecule has 0 aliphatic carbocycles. The lowest BCUT2D eigenvalue weighted by Crippen LogP contribution is -1.92. The minimum absolute atomic E-state index is 0.0349. The summed E-state index contributed by atoms with van der Waals surface area (Å²) in [4.78, 5) is 9.77. The molecular weight excluding hydrogens is 194 g/mol. The summed E-state index contributed by atoms with van der Waals surface area (Å²) in [7, 11) is -2.75. The van der Waals surface area contributed by atoms with Gasteiger partial charge < -0.3 is 0 Å². The number of rotatable bonds is 2. The Bertz CT molecular complexity index is 417. The minimum atomic E-state index is -2.75. The standard InChI is InChI=1S/C7H7NO4S/c1-5-2-3-6(13(11)12)4-7(5)8(9)10/h2-4,13H,1H3. The molecule has 0 aliphatic rings. The number of nitrogens with zero attached hydrogens (tertiary/aromatic N) is 1. The number of aryl methyl sites for hydroxylation is 1. The van der Waals surface area contributed by atoms with Crippen LogP contribution in [0, 0.1) is 17.0 Å². The van der Waals surface area contributed by atoms with Crippen LogP contribution in [0.25, 0.3) is 0 Å². The summed E-state index contributed by atoms with van der Waals surface area (Å²) in [5.41, 5.74) is 0.280. The van der Waals surface area contributed by atoms with Crippen LogP contribution in [0.3, 0.4) is 0 Å². The van der Waals surface area contributed by atoms with Crippen LogP contribution in [-0.4, -0.2) is 13.3 Å². The smallest absolute Gasteiger partial charge is 0.258 e. The summed E-state index contributed by atoms with van der Waals surface area (Å²) < 4.78 is 21.0. The second-order valence-electron chi connectivity index (χ2n) is 2.49. The molecule has 1 rings (SSSR count). The van der Waals surface area contributed by atoms with Crippen LogP contribution in [-0.2, 0) is 10.7 Å². The van der Waals surface area contributed by atoms with Gasteiger partial charge in [-0.15, -0.1) is 0 Å². The van der Waals surface area contributed by atoms with E-state index in [1.54, 1.807) is 6.92 Å². The lowest BCUT2D eigenvalue weighted by atomic mass is 10.2. The van der Waals surface area contributed by atoms with Crippen molar-refractivity contribution in [3.63, 3.8) is 0 Å². The predicted molar refractivity (Wildman–Crippen MR) is 46.4 cm³/mol. The summed E-state index contributed by atoms with van der Waals surface area (Å²) in [5, 5.41) is 10.4. The number of hydrogen-bond donors (Lipinski definition) is 1. The molecule has 0 spiro atoms. The van der Waals surface area contributed by atoms with Crippen molar-refractivity contribution in [2.24, 2.45) is 0 Å². The van der Waals surface area contributed by atoms with Crippen molar-refractivity contribution < 1.29 is 13.3 Å². The van der Waals surface area contributed by atoms with Crippen molar-refractivity contribution in [2.45, 2.75) is 11.8 Å². The van der Waals surface area contributed by atoms with Gasteiger partial charge in [-0.2, -0.15) is 0 Å². The average Bonchev–Trinajstić information content (AvgIpc) is 2.04. The molecule has 0 saturated carbocycles. The molecule has 1 aromatic rings. The first kappa shape index (κ1) is 9.66. The van der Waals surface area contributed by atoms with E-state index in [0.717, 1.165) is 6.07 Å². The zero-order chi connectivity index (χ0) is 10.0. The zero-order valence-electron chi connectivity index (χ0n) is 6.76. The molecule has 0 heterocycles. The molecule has 0 fully saturated rings. The Morgan fingerprint density at radius 1 is 1.38 bits per heavy atom. The molecule has 0 atom stereocenters. The van der Waals surface area contributed by atoms with Crippen molar-refractivity contribution in [2.75, 3.05) is 0 Å². The zero-order valence-corrected chi connectivity index (χ0v) is 7.65. The summed E-state index contributed by atoms with van der Waals surface area (Å²) in [6, 6.07) is 3.81. The molecule has 13 heavy (non-hydrogen) atoms. The average molecular weight is 201 g/mol. The fourth-order valence-corrected chi connectivity index (χ4v) is 1.33. The van der Waals surface area contributed by atoms with Gasteiger partial charge >= 0.3 is 0 Å². The van der Waals surface area contributed by atoms with E-state index in [1.807, 2.05) is 0 Å². The molecule has 5 nitrogen and oxygen atoms in total. The Labute approximate surface area is 76.1 Å². The molecule has 70 valence electrons. The first-order valence-electron chi connectivity index (χ1n) is 3.42. The molecule has 0 aromatic heterocycles. The third-order valence-corrected chi connectivity index (χ3v) is 2.30. The largest absolute Gasteiger partial charge is 0.273 e. The Morgan fingerprint density at radius 2 is 2.00 bits per heavy atom. The first-order chi connectivity index (χ1) is 6.02. The molecule has 0 saturated heterocycles. The van der Waals surface area contributed by atoms with Gasteiger partial charge in [0.1, 0.15) is 0 Å². The summed E-state index contributed by atoms with van der Waals surface area (Å²) in [5.74, 6) is 0. The highest BCUT2D eigenvalue weighted by Gasteiger charge is 2.11. The van der Waals surface area contributed by atoms with E-state index in [4.69, 9.17) is 0 Å². The lowest BCUT2D eigenvalue weighted by molar-refractivity contribution is -0.385. The van der Waals surface area contributed by atoms with Crippen LogP contribution in [0.4, 0.5) is 5.69 Å². The molecule has 0 radical (unpaired) electrons. The van der Waals surface area contributed by atoms with Gasteiger partial charge in [-0.25, -0.2) is 8.42 Å². The van der Waals surface area contributed by atoms with Gasteiger partial charge in [0, 0.05) is 11.6 Å². The van der Waals surface area contributed by atoms with Crippen molar-refractivity contribution in [1.82, 2.24) is 0 Å². The number of nitro groups is 1. The molecule has 0 bridgehead atoms. The van der Waals surface area contributed by atoms with Crippen LogP contribution in [0.1, 0.15) is 5.56 Å². The molecule has 0 amide bonds. The number of benzene rings is 1. The molecule has 1 aromatic carbocycles. The van der Waals surface area contributed by atoms with Crippen molar-refractivity contribution in [3.8, 4) is 0 Å². The Morgan fingerprint density at radius 3 is 2.46 bits per heavy atom. The van der Waals surface area contributed by atoms with E-state index in [-0.39, 0.29) is 10.6 Å². The van der Waals surface area contributed by atoms with Crippen LogP contribution >= 0.6 is 0 Å². The van der Waals surface area contributed by atoms with Crippen molar-refractivity contribution >= 4 is 16.4 Å². The van der Waals surface area contributed by atoms with Gasteiger partial charge in [0.2, 0.25) is 0 Å².